The number of rotatable bonds is 5. The minimum atomic E-state index is -0.818. The number of carbonyl (C=O) groups excluding carboxylic acids is 2. The summed E-state index contributed by atoms with van der Waals surface area (Å²) in [6, 6.07) is 12.1. The number of anilines is 1. The van der Waals surface area contributed by atoms with Crippen molar-refractivity contribution in [1.82, 2.24) is 4.90 Å². The highest BCUT2D eigenvalue weighted by Gasteiger charge is 2.28. The SMILES string of the molecule is N[C@H](Cc1ccc(Cl)cc1Cl)C(=O)N1Cc2ccc(NC(=O)c3cc(F)ccc3F)cc2C1. The van der Waals surface area contributed by atoms with Crippen LogP contribution >= 0.6 is 23.2 Å². The Morgan fingerprint density at radius 1 is 1.00 bits per heavy atom. The minimum absolute atomic E-state index is 0.232. The number of halogens is 4. The number of fused-ring (bicyclic) bond motifs is 1. The van der Waals surface area contributed by atoms with Crippen molar-refractivity contribution >= 4 is 40.7 Å². The second kappa shape index (κ2) is 9.47. The highest BCUT2D eigenvalue weighted by Crippen LogP contribution is 2.28. The molecular formula is C24H19Cl2F2N3O2. The van der Waals surface area contributed by atoms with Crippen LogP contribution < -0.4 is 11.1 Å². The summed E-state index contributed by atoms with van der Waals surface area (Å²) < 4.78 is 27.2. The Morgan fingerprint density at radius 2 is 1.76 bits per heavy atom. The molecule has 0 saturated heterocycles. The number of hydrogen-bond donors (Lipinski definition) is 2. The maximum absolute atomic E-state index is 13.9. The van der Waals surface area contributed by atoms with Crippen LogP contribution in [0.3, 0.4) is 0 Å². The minimum Gasteiger partial charge on any atom is -0.333 e. The lowest BCUT2D eigenvalue weighted by atomic mass is 10.1. The van der Waals surface area contributed by atoms with Crippen molar-refractivity contribution in [2.45, 2.75) is 25.6 Å². The molecule has 9 heteroatoms. The molecule has 0 fully saturated rings. The largest absolute Gasteiger partial charge is 0.333 e. The summed E-state index contributed by atoms with van der Waals surface area (Å²) in [5, 5.41) is 3.52. The van der Waals surface area contributed by atoms with E-state index in [1.165, 1.54) is 0 Å². The van der Waals surface area contributed by atoms with E-state index in [1.807, 2.05) is 0 Å². The van der Waals surface area contributed by atoms with Crippen LogP contribution in [0.25, 0.3) is 0 Å². The number of hydrogen-bond acceptors (Lipinski definition) is 3. The van der Waals surface area contributed by atoms with Gasteiger partial charge < -0.3 is 16.0 Å². The molecule has 0 saturated carbocycles. The topological polar surface area (TPSA) is 75.4 Å². The van der Waals surface area contributed by atoms with Gasteiger partial charge in [-0.15, -0.1) is 0 Å². The number of amides is 2. The van der Waals surface area contributed by atoms with Gasteiger partial charge in [-0.3, -0.25) is 9.59 Å². The third kappa shape index (κ3) is 5.16. The predicted molar refractivity (Wildman–Crippen MR) is 123 cm³/mol. The molecular weight excluding hydrogens is 471 g/mol. The zero-order valence-corrected chi connectivity index (χ0v) is 18.8. The van der Waals surface area contributed by atoms with Crippen LogP contribution in [-0.2, 0) is 24.3 Å². The summed E-state index contributed by atoms with van der Waals surface area (Å²) in [7, 11) is 0. The molecule has 0 unspecified atom stereocenters. The van der Waals surface area contributed by atoms with Gasteiger partial charge in [0, 0.05) is 28.8 Å². The third-order valence-corrected chi connectivity index (χ3v) is 6.03. The van der Waals surface area contributed by atoms with Gasteiger partial charge in [0.05, 0.1) is 11.6 Å². The number of benzene rings is 3. The van der Waals surface area contributed by atoms with Gasteiger partial charge in [0.2, 0.25) is 5.91 Å². The molecule has 3 N–H and O–H groups in total. The zero-order chi connectivity index (χ0) is 23.7. The maximum Gasteiger partial charge on any atom is 0.258 e. The van der Waals surface area contributed by atoms with E-state index >= 15 is 0 Å². The Kier molecular flexibility index (Phi) is 6.65. The van der Waals surface area contributed by atoms with Crippen LogP contribution in [0.4, 0.5) is 14.5 Å². The molecule has 3 aromatic rings. The van der Waals surface area contributed by atoms with Crippen LogP contribution in [0.1, 0.15) is 27.0 Å². The van der Waals surface area contributed by atoms with Crippen molar-refractivity contribution < 1.29 is 18.4 Å². The lowest BCUT2D eigenvalue weighted by molar-refractivity contribution is -0.133. The van der Waals surface area contributed by atoms with Crippen molar-refractivity contribution in [3.05, 3.63) is 98.5 Å². The maximum atomic E-state index is 13.9. The fourth-order valence-electron chi connectivity index (χ4n) is 3.74. The first-order valence-electron chi connectivity index (χ1n) is 10.1. The number of nitrogens with zero attached hydrogens (tertiary/aromatic N) is 1. The summed E-state index contributed by atoms with van der Waals surface area (Å²) in [6.45, 7) is 0.692. The molecule has 2 amide bonds. The molecule has 1 heterocycles. The van der Waals surface area contributed by atoms with Gasteiger partial charge >= 0.3 is 0 Å². The summed E-state index contributed by atoms with van der Waals surface area (Å²) in [4.78, 5) is 26.9. The Morgan fingerprint density at radius 3 is 2.52 bits per heavy atom. The molecule has 4 rings (SSSR count). The van der Waals surface area contributed by atoms with E-state index < -0.39 is 23.6 Å². The van der Waals surface area contributed by atoms with E-state index in [9.17, 15) is 18.4 Å². The Labute approximate surface area is 199 Å². The molecule has 0 spiro atoms. The highest BCUT2D eigenvalue weighted by atomic mass is 35.5. The van der Waals surface area contributed by atoms with Crippen molar-refractivity contribution in [2.75, 3.05) is 5.32 Å². The molecule has 1 atom stereocenters. The van der Waals surface area contributed by atoms with Crippen LogP contribution in [0.5, 0.6) is 0 Å². The molecule has 0 radical (unpaired) electrons. The standard InChI is InChI=1S/C24H19Cl2F2N3O2/c25-16-3-1-13(20(26)9-16)8-22(29)24(33)31-11-14-2-5-18(7-15(14)12-31)30-23(32)19-10-17(27)4-6-21(19)28/h1-7,9-10,22H,8,11-12,29H2,(H,30,32)/t22-/m1/s1. The number of nitrogens with one attached hydrogen (secondary N) is 1. The van der Waals surface area contributed by atoms with Gasteiger partial charge in [-0.1, -0.05) is 35.3 Å². The summed E-state index contributed by atoms with van der Waals surface area (Å²) in [6.07, 6.45) is 0.266. The molecule has 3 aromatic carbocycles. The smallest absolute Gasteiger partial charge is 0.258 e. The van der Waals surface area contributed by atoms with E-state index in [0.717, 1.165) is 34.9 Å². The number of carbonyl (C=O) groups is 2. The van der Waals surface area contributed by atoms with Gasteiger partial charge in [-0.2, -0.15) is 0 Å². The van der Waals surface area contributed by atoms with Gasteiger partial charge in [-0.25, -0.2) is 8.78 Å². The van der Waals surface area contributed by atoms with E-state index in [-0.39, 0.29) is 17.9 Å². The van der Waals surface area contributed by atoms with Crippen LogP contribution in [0.2, 0.25) is 10.0 Å². The fourth-order valence-corrected chi connectivity index (χ4v) is 4.23. The molecule has 1 aliphatic heterocycles. The monoisotopic (exact) mass is 489 g/mol. The average molecular weight is 490 g/mol. The Bertz CT molecular complexity index is 1250. The van der Waals surface area contributed by atoms with E-state index in [0.29, 0.717) is 28.8 Å². The van der Waals surface area contributed by atoms with Crippen molar-refractivity contribution in [3.8, 4) is 0 Å². The number of nitrogens with two attached hydrogens (primary N) is 1. The van der Waals surface area contributed by atoms with Crippen molar-refractivity contribution in [2.24, 2.45) is 5.73 Å². The predicted octanol–water partition coefficient (Wildman–Crippen LogP) is 4.94. The molecule has 33 heavy (non-hydrogen) atoms. The summed E-state index contributed by atoms with van der Waals surface area (Å²) in [5.74, 6) is -2.52. The van der Waals surface area contributed by atoms with E-state index in [2.05, 4.69) is 5.32 Å². The van der Waals surface area contributed by atoms with E-state index in [1.54, 1.807) is 41.3 Å². The fraction of sp³-hybridized carbons (Fsp3) is 0.167. The van der Waals surface area contributed by atoms with Gasteiger partial charge in [0.25, 0.3) is 5.91 Å². The van der Waals surface area contributed by atoms with Crippen LogP contribution in [0.15, 0.2) is 54.6 Å². The van der Waals surface area contributed by atoms with Crippen LogP contribution in [0, 0.1) is 11.6 Å². The van der Waals surface area contributed by atoms with Crippen molar-refractivity contribution in [3.63, 3.8) is 0 Å². The Balaban J connectivity index is 1.42. The Hall–Kier alpha value is -3.00. The zero-order valence-electron chi connectivity index (χ0n) is 17.2. The highest BCUT2D eigenvalue weighted by molar-refractivity contribution is 6.35. The lowest BCUT2D eigenvalue weighted by Gasteiger charge is -2.20. The first-order chi connectivity index (χ1) is 15.7. The molecule has 0 bridgehead atoms. The second-order valence-corrected chi connectivity index (χ2v) is 8.65. The summed E-state index contributed by atoms with van der Waals surface area (Å²) >= 11 is 12.1. The van der Waals surface area contributed by atoms with Gasteiger partial charge in [0.1, 0.15) is 11.6 Å². The molecule has 0 aliphatic carbocycles. The second-order valence-electron chi connectivity index (χ2n) is 7.80. The molecule has 0 aromatic heterocycles. The summed E-state index contributed by atoms with van der Waals surface area (Å²) in [5.41, 5.74) is 8.65. The quantitative estimate of drug-likeness (QED) is 0.533. The third-order valence-electron chi connectivity index (χ3n) is 5.44. The lowest BCUT2D eigenvalue weighted by Crippen LogP contribution is -2.42. The molecule has 170 valence electrons. The first kappa shape index (κ1) is 23.2. The molecule has 1 aliphatic rings. The average Bonchev–Trinajstić information content (AvgIpc) is 3.20. The molecule has 5 nitrogen and oxygen atoms in total. The first-order valence-corrected chi connectivity index (χ1v) is 10.8. The van der Waals surface area contributed by atoms with Crippen molar-refractivity contribution in [1.29, 1.82) is 0 Å². The van der Waals surface area contributed by atoms with Gasteiger partial charge in [-0.05, 0) is 65.6 Å². The van der Waals surface area contributed by atoms with Crippen LogP contribution in [-0.4, -0.2) is 22.8 Å². The normalized spacial score (nSPS) is 13.5. The van der Waals surface area contributed by atoms with Gasteiger partial charge in [0.15, 0.2) is 0 Å². The van der Waals surface area contributed by atoms with E-state index in [4.69, 9.17) is 28.9 Å².